The maximum atomic E-state index is 5.51. The van der Waals surface area contributed by atoms with Crippen molar-refractivity contribution < 1.29 is 0 Å². The third-order valence-corrected chi connectivity index (χ3v) is 0.809. The van der Waals surface area contributed by atoms with Gasteiger partial charge in [-0.25, -0.2) is 0 Å². The number of aromatic nitrogens is 1. The van der Waals surface area contributed by atoms with E-state index in [0.717, 1.165) is 0 Å². The maximum absolute atomic E-state index is 5.51. The van der Waals surface area contributed by atoms with Gasteiger partial charge in [-0.3, -0.25) is 4.98 Å². The van der Waals surface area contributed by atoms with Crippen molar-refractivity contribution in [2.24, 2.45) is 0 Å². The molecule has 0 spiro atoms. The van der Waals surface area contributed by atoms with Crippen molar-refractivity contribution in [2.45, 2.75) is 16.8 Å². The molecule has 1 nitrogen and oxygen atoms in total. The number of hydrogen-bond donors (Lipinski definition) is 0. The summed E-state index contributed by atoms with van der Waals surface area (Å²) < 4.78 is 0. The van der Waals surface area contributed by atoms with Crippen LogP contribution in [-0.2, 0) is 0 Å². The molecular weight excluding hydrogens is 300 g/mol. The van der Waals surface area contributed by atoms with Gasteiger partial charge in [0.25, 0.3) is 0 Å². The van der Waals surface area contributed by atoms with Crippen molar-refractivity contribution in [2.75, 3.05) is 0 Å². The fourth-order valence-corrected chi connectivity index (χ4v) is 0.448. The zero-order chi connectivity index (χ0) is 9.61. The molecule has 4 heteroatoms. The first-order valence-corrected chi connectivity index (χ1v) is 16.6. The van der Waals surface area contributed by atoms with Crippen LogP contribution in [0.3, 0.4) is 0 Å². The number of hydrogen-bond acceptors (Lipinski definition) is 1. The molecule has 68 valence electrons. The quantitative estimate of drug-likeness (QED) is 0.668. The van der Waals surface area contributed by atoms with E-state index in [9.17, 15) is 0 Å². The van der Waals surface area contributed by atoms with Gasteiger partial charge in [0.05, 0.1) is 0 Å². The normalized spacial score (nSPS) is 10.1. The molecule has 0 aliphatic carbocycles. The van der Waals surface area contributed by atoms with E-state index >= 15 is 0 Å². The Kier molecular flexibility index (Phi) is 6.32. The van der Waals surface area contributed by atoms with Gasteiger partial charge in [0.2, 0.25) is 0 Å². The molecular formula is C8H13Cl2NSn. The summed E-state index contributed by atoms with van der Waals surface area (Å²) in [7, 11) is 11.0. The number of pyridine rings is 1. The van der Waals surface area contributed by atoms with E-state index < -0.39 is 16.1 Å². The van der Waals surface area contributed by atoms with Crippen LogP contribution in [0.2, 0.25) is 9.88 Å². The summed E-state index contributed by atoms with van der Waals surface area (Å²) in [6.45, 7) is 2.02. The molecule has 0 bridgehead atoms. The predicted molar refractivity (Wildman–Crippen MR) is 58.2 cm³/mol. The van der Waals surface area contributed by atoms with E-state index in [0.29, 0.717) is 0 Å². The predicted octanol–water partition coefficient (Wildman–Crippen LogP) is 3.56. The Hall–Kier alpha value is 0.529. The molecule has 0 amide bonds. The average Bonchev–Trinajstić information content (AvgIpc) is 1.85. The molecule has 0 aliphatic rings. The standard InChI is InChI=1S/C6H7N.2CH3.2ClH.Sn/c1-6-3-2-4-7-5-6;;;;;/h2-5H,1H3;2*1H3;2*1H;/q;;;;;+2/p-2. The molecule has 0 unspecified atom stereocenters. The second-order valence-corrected chi connectivity index (χ2v) is 24.4. The summed E-state index contributed by atoms with van der Waals surface area (Å²) in [6.07, 6.45) is 3.60. The summed E-state index contributed by atoms with van der Waals surface area (Å²) in [5.74, 6) is 0. The molecule has 0 fully saturated rings. The second kappa shape index (κ2) is 6.05. The Morgan fingerprint density at radius 2 is 1.83 bits per heavy atom. The molecule has 0 saturated carbocycles. The first kappa shape index (κ1) is 12.5. The fraction of sp³-hybridized carbons (Fsp3) is 0.375. The van der Waals surface area contributed by atoms with E-state index in [1.807, 2.05) is 35.1 Å². The van der Waals surface area contributed by atoms with Crippen LogP contribution in [0, 0.1) is 6.92 Å². The molecule has 0 atom stereocenters. The van der Waals surface area contributed by atoms with Crippen LogP contribution in [-0.4, -0.2) is 21.1 Å². The SMILES string of the molecule is Cc1cccnc1.[CH3][Sn]([CH3])([Cl])[Cl]. The zero-order valence-corrected chi connectivity index (χ0v) is 11.9. The van der Waals surface area contributed by atoms with E-state index in [1.165, 1.54) is 5.56 Å². The Labute approximate surface area is 85.4 Å². The van der Waals surface area contributed by atoms with E-state index in [1.54, 1.807) is 6.20 Å². The summed E-state index contributed by atoms with van der Waals surface area (Å²) in [5, 5.41) is 0. The van der Waals surface area contributed by atoms with Gasteiger partial charge in [0.15, 0.2) is 0 Å². The van der Waals surface area contributed by atoms with Gasteiger partial charge in [-0.05, 0) is 18.6 Å². The molecule has 0 radical (unpaired) electrons. The molecule has 0 aliphatic heterocycles. The van der Waals surface area contributed by atoms with Gasteiger partial charge < -0.3 is 0 Å². The molecule has 12 heavy (non-hydrogen) atoms. The summed E-state index contributed by atoms with van der Waals surface area (Å²) in [4.78, 5) is 7.74. The van der Waals surface area contributed by atoms with Crippen molar-refractivity contribution in [3.8, 4) is 0 Å². The van der Waals surface area contributed by atoms with Crippen LogP contribution in [0.4, 0.5) is 0 Å². The Balaban J connectivity index is 0.000000217. The Bertz CT molecular complexity index is 202. The van der Waals surface area contributed by atoms with E-state index in [4.69, 9.17) is 17.8 Å². The van der Waals surface area contributed by atoms with Gasteiger partial charge in [-0.2, -0.15) is 0 Å². The van der Waals surface area contributed by atoms with E-state index in [2.05, 4.69) is 4.98 Å². The van der Waals surface area contributed by atoms with Gasteiger partial charge in [-0.1, -0.05) is 6.07 Å². The second-order valence-electron chi connectivity index (χ2n) is 2.86. The van der Waals surface area contributed by atoms with Crippen LogP contribution < -0.4 is 0 Å². The van der Waals surface area contributed by atoms with Crippen molar-refractivity contribution in [3.63, 3.8) is 0 Å². The summed E-state index contributed by atoms with van der Waals surface area (Å²) in [5.41, 5.74) is 1.21. The van der Waals surface area contributed by atoms with Gasteiger partial charge in [0.1, 0.15) is 0 Å². The van der Waals surface area contributed by atoms with Crippen LogP contribution >= 0.6 is 17.8 Å². The van der Waals surface area contributed by atoms with Gasteiger partial charge >= 0.3 is 43.8 Å². The van der Waals surface area contributed by atoms with Gasteiger partial charge in [0, 0.05) is 12.4 Å². The Morgan fingerprint density at radius 1 is 1.33 bits per heavy atom. The van der Waals surface area contributed by atoms with Crippen molar-refractivity contribution in [1.82, 2.24) is 4.98 Å². The molecule has 1 aromatic heterocycles. The molecule has 0 saturated heterocycles. The average molecular weight is 313 g/mol. The van der Waals surface area contributed by atoms with Crippen molar-refractivity contribution >= 4 is 34.0 Å². The van der Waals surface area contributed by atoms with Crippen molar-refractivity contribution in [3.05, 3.63) is 30.1 Å². The number of halogens is 2. The minimum absolute atomic E-state index is 1.21. The first-order valence-electron chi connectivity index (χ1n) is 3.64. The number of rotatable bonds is 0. The number of aryl methyl sites for hydroxylation is 1. The van der Waals surface area contributed by atoms with Crippen LogP contribution in [0.5, 0.6) is 0 Å². The fourth-order valence-electron chi connectivity index (χ4n) is 0.448. The molecule has 1 heterocycles. The number of nitrogens with zero attached hydrogens (tertiary/aromatic N) is 1. The van der Waals surface area contributed by atoms with Crippen molar-refractivity contribution in [1.29, 1.82) is 0 Å². The van der Waals surface area contributed by atoms with E-state index in [-0.39, 0.29) is 0 Å². The minimum atomic E-state index is -2.24. The third-order valence-electron chi connectivity index (χ3n) is 0.809. The van der Waals surface area contributed by atoms with Crippen LogP contribution in [0.1, 0.15) is 5.56 Å². The summed E-state index contributed by atoms with van der Waals surface area (Å²) >= 11 is -2.24. The van der Waals surface area contributed by atoms with Gasteiger partial charge in [-0.15, -0.1) is 0 Å². The first-order chi connectivity index (χ1) is 5.39. The third kappa shape index (κ3) is 13.1. The van der Waals surface area contributed by atoms with Crippen LogP contribution in [0.15, 0.2) is 24.5 Å². The zero-order valence-electron chi connectivity index (χ0n) is 7.51. The Morgan fingerprint density at radius 3 is 2.00 bits per heavy atom. The topological polar surface area (TPSA) is 12.9 Å². The summed E-state index contributed by atoms with van der Waals surface area (Å²) in [6, 6.07) is 3.95. The molecule has 1 aromatic rings. The molecule has 0 aromatic carbocycles. The molecule has 1 rings (SSSR count). The molecule has 0 N–H and O–H groups in total. The monoisotopic (exact) mass is 313 g/mol. The van der Waals surface area contributed by atoms with Crippen LogP contribution in [0.25, 0.3) is 0 Å².